The summed E-state index contributed by atoms with van der Waals surface area (Å²) in [4.78, 5) is 14.3. The lowest BCUT2D eigenvalue weighted by Gasteiger charge is -1.95. The third kappa shape index (κ3) is 2.70. The van der Waals surface area contributed by atoms with Crippen LogP contribution in [0.5, 0.6) is 5.75 Å². The van der Waals surface area contributed by atoms with Crippen molar-refractivity contribution in [1.29, 1.82) is 0 Å². The van der Waals surface area contributed by atoms with Crippen LogP contribution in [0.1, 0.15) is 31.3 Å². The molecule has 0 spiro atoms. The fourth-order valence-electron chi connectivity index (χ4n) is 0.668. The van der Waals surface area contributed by atoms with Crippen molar-refractivity contribution in [3.05, 3.63) is 24.0 Å². The minimum Gasteiger partial charge on any atom is -0.506 e. The highest BCUT2D eigenvalue weighted by Crippen LogP contribution is 2.11. The second-order valence-corrected chi connectivity index (χ2v) is 1.93. The summed E-state index contributed by atoms with van der Waals surface area (Å²) in [5, 5.41) is 9.00. The van der Waals surface area contributed by atoms with Crippen molar-refractivity contribution >= 4 is 5.78 Å². The maximum absolute atomic E-state index is 10.6. The van der Waals surface area contributed by atoms with Crippen molar-refractivity contribution in [3.63, 3.8) is 0 Å². The molecule has 1 N–H and O–H groups in total. The molecular formula is C9H13NO2. The molecule has 0 aliphatic rings. The van der Waals surface area contributed by atoms with E-state index in [4.69, 9.17) is 5.11 Å². The van der Waals surface area contributed by atoms with Crippen molar-refractivity contribution in [1.82, 2.24) is 4.98 Å². The Labute approximate surface area is 72.1 Å². The van der Waals surface area contributed by atoms with Crippen LogP contribution in [0.25, 0.3) is 0 Å². The van der Waals surface area contributed by atoms with Gasteiger partial charge in [0.05, 0.1) is 0 Å². The van der Waals surface area contributed by atoms with Gasteiger partial charge >= 0.3 is 0 Å². The Kier molecular flexibility index (Phi) is 4.69. The number of Topliss-reactive ketones (excluding diaryl/α,β-unsaturated/α-hetero) is 1. The van der Waals surface area contributed by atoms with Crippen LogP contribution < -0.4 is 0 Å². The van der Waals surface area contributed by atoms with E-state index in [0.29, 0.717) is 0 Å². The zero-order valence-corrected chi connectivity index (χ0v) is 7.53. The molecule has 0 aromatic carbocycles. The Morgan fingerprint density at radius 1 is 1.50 bits per heavy atom. The van der Waals surface area contributed by atoms with Gasteiger partial charge in [0.15, 0.2) is 5.78 Å². The molecule has 1 aromatic rings. The summed E-state index contributed by atoms with van der Waals surface area (Å²) >= 11 is 0. The number of carbonyl (C=O) groups is 1. The second kappa shape index (κ2) is 5.29. The molecule has 66 valence electrons. The molecule has 0 saturated heterocycles. The highest BCUT2D eigenvalue weighted by molar-refractivity contribution is 5.94. The third-order valence-corrected chi connectivity index (χ3v) is 1.12. The fraction of sp³-hybridized carbons (Fsp3) is 0.333. The molecule has 3 heteroatoms. The van der Waals surface area contributed by atoms with Crippen LogP contribution >= 0.6 is 0 Å². The van der Waals surface area contributed by atoms with E-state index in [1.165, 1.54) is 19.2 Å². The molecule has 0 aliphatic heterocycles. The van der Waals surface area contributed by atoms with Crippen LogP contribution in [0.3, 0.4) is 0 Å². The number of rotatable bonds is 1. The summed E-state index contributed by atoms with van der Waals surface area (Å²) in [6.45, 7) is 5.36. The van der Waals surface area contributed by atoms with Gasteiger partial charge in [-0.1, -0.05) is 13.8 Å². The van der Waals surface area contributed by atoms with Crippen LogP contribution in [-0.4, -0.2) is 15.9 Å². The summed E-state index contributed by atoms with van der Waals surface area (Å²) in [5.41, 5.74) is 0.127. The molecule has 1 rings (SSSR count). The van der Waals surface area contributed by atoms with Crippen LogP contribution in [0.2, 0.25) is 0 Å². The van der Waals surface area contributed by atoms with Gasteiger partial charge in [0.25, 0.3) is 0 Å². The highest BCUT2D eigenvalue weighted by Gasteiger charge is 2.04. The molecule has 1 aromatic heterocycles. The van der Waals surface area contributed by atoms with Crippen LogP contribution in [0.15, 0.2) is 18.3 Å². The monoisotopic (exact) mass is 167 g/mol. The van der Waals surface area contributed by atoms with Gasteiger partial charge in [-0.15, -0.1) is 0 Å². The van der Waals surface area contributed by atoms with Crippen molar-refractivity contribution in [2.24, 2.45) is 0 Å². The first-order valence-electron chi connectivity index (χ1n) is 3.86. The summed E-state index contributed by atoms with van der Waals surface area (Å²) in [7, 11) is 0. The number of aromatic hydroxyl groups is 1. The van der Waals surface area contributed by atoms with Gasteiger partial charge in [-0.05, 0) is 12.1 Å². The molecular weight excluding hydrogens is 154 g/mol. The van der Waals surface area contributed by atoms with Crippen molar-refractivity contribution in [3.8, 4) is 5.75 Å². The van der Waals surface area contributed by atoms with Gasteiger partial charge in [-0.3, -0.25) is 4.79 Å². The summed E-state index contributed by atoms with van der Waals surface area (Å²) in [6, 6.07) is 3.01. The Bertz CT molecular complexity index is 258. The zero-order valence-electron chi connectivity index (χ0n) is 7.53. The minimum atomic E-state index is -0.224. The van der Waals surface area contributed by atoms with Gasteiger partial charge in [-0.2, -0.15) is 0 Å². The maximum Gasteiger partial charge on any atom is 0.181 e. The Balaban J connectivity index is 0.000000561. The van der Waals surface area contributed by atoms with Crippen LogP contribution in [-0.2, 0) is 0 Å². The molecule has 0 unspecified atom stereocenters. The quantitative estimate of drug-likeness (QED) is 0.651. The topological polar surface area (TPSA) is 50.2 Å². The van der Waals surface area contributed by atoms with Gasteiger partial charge in [0, 0.05) is 13.1 Å². The molecule has 0 radical (unpaired) electrons. The largest absolute Gasteiger partial charge is 0.506 e. The lowest BCUT2D eigenvalue weighted by Crippen LogP contribution is -1.95. The maximum atomic E-state index is 10.6. The van der Waals surface area contributed by atoms with E-state index in [9.17, 15) is 4.79 Å². The van der Waals surface area contributed by atoms with E-state index in [-0.39, 0.29) is 17.2 Å². The zero-order chi connectivity index (χ0) is 9.56. The van der Waals surface area contributed by atoms with Crippen LogP contribution in [0, 0.1) is 0 Å². The SMILES string of the molecule is CC.CC(=O)c1ncccc1O. The van der Waals surface area contributed by atoms with Crippen molar-refractivity contribution < 1.29 is 9.90 Å². The number of pyridine rings is 1. The van der Waals surface area contributed by atoms with E-state index in [1.807, 2.05) is 13.8 Å². The van der Waals surface area contributed by atoms with Crippen LogP contribution in [0.4, 0.5) is 0 Å². The Hall–Kier alpha value is -1.38. The average molecular weight is 167 g/mol. The standard InChI is InChI=1S/C7H7NO2.C2H6/c1-5(9)7-6(10)3-2-4-8-7;1-2/h2-4,10H,1H3;1-2H3. The summed E-state index contributed by atoms with van der Waals surface area (Å²) < 4.78 is 0. The average Bonchev–Trinajstić information content (AvgIpc) is 2.08. The van der Waals surface area contributed by atoms with E-state index in [1.54, 1.807) is 6.07 Å². The molecule has 3 nitrogen and oxygen atoms in total. The predicted molar refractivity (Wildman–Crippen MR) is 47.3 cm³/mol. The molecule has 0 amide bonds. The molecule has 0 bridgehead atoms. The molecule has 0 atom stereocenters. The van der Waals surface area contributed by atoms with Crippen molar-refractivity contribution in [2.75, 3.05) is 0 Å². The number of carbonyl (C=O) groups excluding carboxylic acids is 1. The van der Waals surface area contributed by atoms with Gasteiger partial charge < -0.3 is 5.11 Å². The lowest BCUT2D eigenvalue weighted by atomic mass is 10.2. The normalized spacial score (nSPS) is 8.25. The van der Waals surface area contributed by atoms with Crippen molar-refractivity contribution in [2.45, 2.75) is 20.8 Å². The minimum absolute atomic E-state index is 0.0602. The number of aromatic nitrogens is 1. The molecule has 1 heterocycles. The Morgan fingerprint density at radius 2 is 2.08 bits per heavy atom. The predicted octanol–water partition coefficient (Wildman–Crippen LogP) is 2.02. The lowest BCUT2D eigenvalue weighted by molar-refractivity contribution is 0.101. The van der Waals surface area contributed by atoms with Gasteiger partial charge in [0.1, 0.15) is 11.4 Å². The molecule has 12 heavy (non-hydrogen) atoms. The fourth-order valence-corrected chi connectivity index (χ4v) is 0.668. The number of ketones is 1. The number of nitrogens with zero attached hydrogens (tertiary/aromatic N) is 1. The van der Waals surface area contributed by atoms with E-state index >= 15 is 0 Å². The summed E-state index contributed by atoms with van der Waals surface area (Å²) in [6.07, 6.45) is 1.47. The van der Waals surface area contributed by atoms with E-state index < -0.39 is 0 Å². The third-order valence-electron chi connectivity index (χ3n) is 1.12. The number of hydrogen-bond donors (Lipinski definition) is 1. The molecule has 0 fully saturated rings. The first kappa shape index (κ1) is 10.6. The second-order valence-electron chi connectivity index (χ2n) is 1.93. The van der Waals surface area contributed by atoms with E-state index in [2.05, 4.69) is 4.98 Å². The summed E-state index contributed by atoms with van der Waals surface area (Å²) in [5.74, 6) is -0.284. The van der Waals surface area contributed by atoms with Gasteiger partial charge in [-0.25, -0.2) is 4.98 Å². The first-order valence-corrected chi connectivity index (χ1v) is 3.86. The smallest absolute Gasteiger partial charge is 0.181 e. The highest BCUT2D eigenvalue weighted by atomic mass is 16.3. The van der Waals surface area contributed by atoms with E-state index in [0.717, 1.165) is 0 Å². The Morgan fingerprint density at radius 3 is 2.42 bits per heavy atom. The van der Waals surface area contributed by atoms with Gasteiger partial charge in [0.2, 0.25) is 0 Å². The molecule has 0 saturated carbocycles. The molecule has 0 aliphatic carbocycles. The first-order chi connectivity index (χ1) is 5.72. The number of hydrogen-bond acceptors (Lipinski definition) is 3.